The van der Waals surface area contributed by atoms with Gasteiger partial charge in [-0.2, -0.15) is 11.8 Å². The highest BCUT2D eigenvalue weighted by molar-refractivity contribution is 7.99. The van der Waals surface area contributed by atoms with Crippen molar-refractivity contribution in [1.29, 1.82) is 0 Å². The van der Waals surface area contributed by atoms with E-state index in [9.17, 15) is 4.79 Å². The highest BCUT2D eigenvalue weighted by atomic mass is 32.2. The Bertz CT molecular complexity index is 333. The zero-order valence-corrected chi connectivity index (χ0v) is 11.0. The first-order valence-electron chi connectivity index (χ1n) is 5.55. The first kappa shape index (κ1) is 14.0. The quantitative estimate of drug-likeness (QED) is 0.803. The van der Waals surface area contributed by atoms with Gasteiger partial charge in [-0.3, -0.25) is 9.78 Å². The molecule has 17 heavy (non-hydrogen) atoms. The van der Waals surface area contributed by atoms with E-state index < -0.39 is 0 Å². The number of amides is 1. The molecular formula is C12H18N2O2S. The smallest absolute Gasteiger partial charge is 0.230 e. The van der Waals surface area contributed by atoms with Crippen LogP contribution in [0.15, 0.2) is 24.4 Å². The number of pyridine rings is 1. The Morgan fingerprint density at radius 2 is 2.41 bits per heavy atom. The molecule has 0 aliphatic rings. The molecule has 0 radical (unpaired) electrons. The van der Waals surface area contributed by atoms with E-state index in [1.165, 1.54) is 0 Å². The fraction of sp³-hybridized carbons (Fsp3) is 0.500. The van der Waals surface area contributed by atoms with Crippen LogP contribution in [0.5, 0.6) is 0 Å². The predicted octanol–water partition coefficient (Wildman–Crippen LogP) is 1.64. The van der Waals surface area contributed by atoms with Gasteiger partial charge in [0.15, 0.2) is 0 Å². The molecule has 1 unspecified atom stereocenters. The third-order valence-electron chi connectivity index (χ3n) is 2.15. The minimum absolute atomic E-state index is 0.0181. The van der Waals surface area contributed by atoms with Crippen molar-refractivity contribution in [3.63, 3.8) is 0 Å². The summed E-state index contributed by atoms with van der Waals surface area (Å²) in [6.45, 7) is 2.46. The molecule has 5 heteroatoms. The Kier molecular flexibility index (Phi) is 6.65. The molecule has 0 spiro atoms. The topological polar surface area (TPSA) is 51.2 Å². The van der Waals surface area contributed by atoms with Crippen molar-refractivity contribution in [2.24, 2.45) is 0 Å². The molecule has 1 amide bonds. The number of thioether (sulfide) groups is 1. The summed E-state index contributed by atoms with van der Waals surface area (Å²) < 4.78 is 5.10. The van der Waals surface area contributed by atoms with Crippen LogP contribution in [-0.4, -0.2) is 36.1 Å². The van der Waals surface area contributed by atoms with E-state index in [4.69, 9.17) is 4.74 Å². The lowest BCUT2D eigenvalue weighted by Crippen LogP contribution is -2.33. The molecule has 0 saturated carbocycles. The molecule has 1 N–H and O–H groups in total. The van der Waals surface area contributed by atoms with Crippen molar-refractivity contribution < 1.29 is 9.53 Å². The van der Waals surface area contributed by atoms with Gasteiger partial charge in [0.2, 0.25) is 5.91 Å². The van der Waals surface area contributed by atoms with E-state index >= 15 is 0 Å². The number of nitrogens with zero attached hydrogens (tertiary/aromatic N) is 1. The second kappa shape index (κ2) is 8.08. The number of hydrogen-bond donors (Lipinski definition) is 1. The van der Waals surface area contributed by atoms with Gasteiger partial charge in [-0.1, -0.05) is 13.0 Å². The SMILES string of the molecule is CCSCC(=O)NC(COC)c1ccccn1. The first-order chi connectivity index (χ1) is 8.27. The van der Waals surface area contributed by atoms with Gasteiger partial charge in [0, 0.05) is 13.3 Å². The monoisotopic (exact) mass is 254 g/mol. The fourth-order valence-electron chi connectivity index (χ4n) is 1.38. The Balaban J connectivity index is 2.57. The van der Waals surface area contributed by atoms with Gasteiger partial charge in [0.1, 0.15) is 0 Å². The predicted molar refractivity (Wildman–Crippen MR) is 70.0 cm³/mol. The standard InChI is InChI=1S/C12H18N2O2S/c1-3-17-9-12(15)14-11(8-16-2)10-6-4-5-7-13-10/h4-7,11H,3,8-9H2,1-2H3,(H,14,15). The maximum Gasteiger partial charge on any atom is 0.230 e. The van der Waals surface area contributed by atoms with Crippen LogP contribution in [0, 0.1) is 0 Å². The van der Waals surface area contributed by atoms with Gasteiger partial charge in [-0.05, 0) is 17.9 Å². The fourth-order valence-corrected chi connectivity index (χ4v) is 1.85. The normalized spacial score (nSPS) is 12.1. The van der Waals surface area contributed by atoms with E-state index in [1.807, 2.05) is 25.1 Å². The Morgan fingerprint density at radius 1 is 1.59 bits per heavy atom. The molecule has 1 heterocycles. The van der Waals surface area contributed by atoms with Gasteiger partial charge in [0.05, 0.1) is 24.1 Å². The summed E-state index contributed by atoms with van der Waals surface area (Å²) in [5.41, 5.74) is 0.823. The number of carbonyl (C=O) groups excluding carboxylic acids is 1. The van der Waals surface area contributed by atoms with Crippen LogP contribution in [-0.2, 0) is 9.53 Å². The number of ether oxygens (including phenoxy) is 1. The highest BCUT2D eigenvalue weighted by Gasteiger charge is 2.14. The molecule has 1 rings (SSSR count). The number of rotatable bonds is 7. The van der Waals surface area contributed by atoms with Crippen LogP contribution in [0.2, 0.25) is 0 Å². The molecule has 1 atom stereocenters. The second-order valence-corrected chi connectivity index (χ2v) is 4.74. The van der Waals surface area contributed by atoms with E-state index in [-0.39, 0.29) is 11.9 Å². The van der Waals surface area contributed by atoms with Gasteiger partial charge in [0.25, 0.3) is 0 Å². The molecular weight excluding hydrogens is 236 g/mol. The third-order valence-corrected chi connectivity index (χ3v) is 3.03. The molecule has 0 aromatic carbocycles. The Hall–Kier alpha value is -1.07. The lowest BCUT2D eigenvalue weighted by molar-refractivity contribution is -0.119. The van der Waals surface area contributed by atoms with Gasteiger partial charge in [-0.15, -0.1) is 0 Å². The largest absolute Gasteiger partial charge is 0.382 e. The van der Waals surface area contributed by atoms with Crippen molar-refractivity contribution >= 4 is 17.7 Å². The maximum absolute atomic E-state index is 11.6. The van der Waals surface area contributed by atoms with Crippen LogP contribution < -0.4 is 5.32 Å². The van der Waals surface area contributed by atoms with Crippen LogP contribution >= 0.6 is 11.8 Å². The van der Waals surface area contributed by atoms with Gasteiger partial charge in [-0.25, -0.2) is 0 Å². The minimum atomic E-state index is -0.175. The van der Waals surface area contributed by atoms with E-state index in [1.54, 1.807) is 25.1 Å². The second-order valence-electron chi connectivity index (χ2n) is 3.47. The molecule has 1 aromatic heterocycles. The van der Waals surface area contributed by atoms with Crippen LogP contribution in [0.4, 0.5) is 0 Å². The summed E-state index contributed by atoms with van der Waals surface area (Å²) in [6.07, 6.45) is 1.71. The number of nitrogens with one attached hydrogen (secondary N) is 1. The van der Waals surface area contributed by atoms with E-state index in [0.717, 1.165) is 11.4 Å². The van der Waals surface area contributed by atoms with Crippen molar-refractivity contribution in [2.45, 2.75) is 13.0 Å². The summed E-state index contributed by atoms with van der Waals surface area (Å²) >= 11 is 1.60. The van der Waals surface area contributed by atoms with Gasteiger partial charge >= 0.3 is 0 Å². The Morgan fingerprint density at radius 3 is 3.00 bits per heavy atom. The van der Waals surface area contributed by atoms with Gasteiger partial charge < -0.3 is 10.1 Å². The lowest BCUT2D eigenvalue weighted by atomic mass is 10.2. The van der Waals surface area contributed by atoms with E-state index in [2.05, 4.69) is 10.3 Å². The van der Waals surface area contributed by atoms with Crippen molar-refractivity contribution in [3.05, 3.63) is 30.1 Å². The summed E-state index contributed by atoms with van der Waals surface area (Å²) in [4.78, 5) is 15.9. The molecule has 94 valence electrons. The summed E-state index contributed by atoms with van der Waals surface area (Å²) in [7, 11) is 1.61. The number of carbonyl (C=O) groups is 1. The first-order valence-corrected chi connectivity index (χ1v) is 6.70. The number of hydrogen-bond acceptors (Lipinski definition) is 4. The zero-order valence-electron chi connectivity index (χ0n) is 10.2. The van der Waals surface area contributed by atoms with Crippen molar-refractivity contribution in [1.82, 2.24) is 10.3 Å². The lowest BCUT2D eigenvalue weighted by Gasteiger charge is -2.17. The van der Waals surface area contributed by atoms with Crippen molar-refractivity contribution in [2.75, 3.05) is 25.2 Å². The minimum Gasteiger partial charge on any atom is -0.382 e. The third kappa shape index (κ3) is 5.19. The van der Waals surface area contributed by atoms with Crippen LogP contribution in [0.25, 0.3) is 0 Å². The highest BCUT2D eigenvalue weighted by Crippen LogP contribution is 2.10. The molecule has 0 aliphatic heterocycles. The number of methoxy groups -OCH3 is 1. The van der Waals surface area contributed by atoms with Crippen LogP contribution in [0.1, 0.15) is 18.7 Å². The van der Waals surface area contributed by atoms with Crippen molar-refractivity contribution in [3.8, 4) is 0 Å². The number of aromatic nitrogens is 1. The molecule has 4 nitrogen and oxygen atoms in total. The maximum atomic E-state index is 11.6. The Labute approximate surface area is 106 Å². The van der Waals surface area contributed by atoms with E-state index in [0.29, 0.717) is 12.4 Å². The molecule has 0 bridgehead atoms. The molecule has 0 aliphatic carbocycles. The summed E-state index contributed by atoms with van der Waals surface area (Å²) in [6, 6.07) is 5.46. The summed E-state index contributed by atoms with van der Waals surface area (Å²) in [5, 5.41) is 2.92. The molecule has 1 aromatic rings. The average Bonchev–Trinajstić information content (AvgIpc) is 2.37. The zero-order chi connectivity index (χ0) is 12.5. The molecule has 0 saturated heterocycles. The van der Waals surface area contributed by atoms with Crippen LogP contribution in [0.3, 0.4) is 0 Å². The average molecular weight is 254 g/mol. The summed E-state index contributed by atoms with van der Waals surface area (Å²) in [5.74, 6) is 1.43. The molecule has 0 fully saturated rings.